The van der Waals surface area contributed by atoms with Crippen molar-refractivity contribution >= 4 is 65.6 Å². The van der Waals surface area contributed by atoms with Crippen molar-refractivity contribution in [1.29, 1.82) is 10.5 Å². The third-order valence-electron chi connectivity index (χ3n) is 9.77. The van der Waals surface area contributed by atoms with E-state index >= 15 is 0 Å². The maximum absolute atomic E-state index is 9.99. The second kappa shape index (κ2) is 10.2. The van der Waals surface area contributed by atoms with Crippen molar-refractivity contribution in [3.63, 3.8) is 0 Å². The van der Waals surface area contributed by atoms with Crippen LogP contribution in [-0.2, 0) is 0 Å². The maximum atomic E-state index is 9.99. The van der Waals surface area contributed by atoms with Gasteiger partial charge in [0.05, 0.1) is 51.0 Å². The molecule has 0 aliphatic carbocycles. The number of aromatic nitrogens is 2. The van der Waals surface area contributed by atoms with Gasteiger partial charge in [-0.25, -0.2) is 0 Å². The number of furan rings is 1. The third-order valence-corrected chi connectivity index (χ3v) is 9.77. The number of hydrogen-bond acceptors (Lipinski definition) is 3. The van der Waals surface area contributed by atoms with E-state index in [1.807, 2.05) is 60.7 Å². The topological polar surface area (TPSA) is 70.6 Å². The molecular weight excluding hydrogens is 601 g/mol. The van der Waals surface area contributed by atoms with Gasteiger partial charge in [0.15, 0.2) is 5.58 Å². The molecule has 0 saturated carbocycles. The normalized spacial score (nSPS) is 11.6. The van der Waals surface area contributed by atoms with Crippen LogP contribution in [0, 0.1) is 22.7 Å². The lowest BCUT2D eigenvalue weighted by Crippen LogP contribution is -1.98. The molecule has 10 aromatic rings. The number of fused-ring (bicyclic) bond motifs is 10. The fourth-order valence-corrected chi connectivity index (χ4v) is 7.63. The number of benzene rings is 7. The molecule has 0 aliphatic rings. The second-order valence-electron chi connectivity index (χ2n) is 12.4. The molecule has 0 saturated heterocycles. The SMILES string of the molecule is N#Cc1ccc(-n2c3ccccc3c3cc(C#N)ccc32)c(-c2ccc3oc4c(ccc5c6ccccc6n(-c6ccccc6)c54)c3c2)c1. The largest absolute Gasteiger partial charge is 0.454 e. The second-order valence-corrected chi connectivity index (χ2v) is 12.4. The molecule has 0 N–H and O–H groups in total. The van der Waals surface area contributed by atoms with Crippen LogP contribution in [0.15, 0.2) is 150 Å². The van der Waals surface area contributed by atoms with E-state index in [0.717, 1.165) is 82.7 Å². The van der Waals surface area contributed by atoms with Crippen LogP contribution < -0.4 is 0 Å². The summed E-state index contributed by atoms with van der Waals surface area (Å²) < 4.78 is 11.3. The van der Waals surface area contributed by atoms with Crippen LogP contribution >= 0.6 is 0 Å². The van der Waals surface area contributed by atoms with Crippen LogP contribution in [0.25, 0.3) is 88.1 Å². The fourth-order valence-electron chi connectivity index (χ4n) is 7.63. The summed E-state index contributed by atoms with van der Waals surface area (Å²) in [7, 11) is 0. The monoisotopic (exact) mass is 624 g/mol. The Labute approximate surface area is 280 Å². The van der Waals surface area contributed by atoms with Gasteiger partial charge < -0.3 is 13.6 Å². The van der Waals surface area contributed by atoms with Crippen LogP contribution in [0.4, 0.5) is 0 Å². The van der Waals surface area contributed by atoms with Gasteiger partial charge in [0.25, 0.3) is 0 Å². The van der Waals surface area contributed by atoms with E-state index in [4.69, 9.17) is 4.42 Å². The fraction of sp³-hybridized carbons (Fsp3) is 0. The third kappa shape index (κ3) is 3.85. The first-order valence-corrected chi connectivity index (χ1v) is 16.1. The van der Waals surface area contributed by atoms with Crippen molar-refractivity contribution in [2.24, 2.45) is 0 Å². The number of hydrogen-bond donors (Lipinski definition) is 0. The summed E-state index contributed by atoms with van der Waals surface area (Å²) in [5.74, 6) is 0. The molecule has 0 aliphatic heterocycles. The first-order chi connectivity index (χ1) is 24.2. The summed E-state index contributed by atoms with van der Waals surface area (Å²) in [5, 5.41) is 26.1. The summed E-state index contributed by atoms with van der Waals surface area (Å²) in [5.41, 5.74) is 11.0. The van der Waals surface area contributed by atoms with Crippen LogP contribution in [-0.4, -0.2) is 9.13 Å². The van der Waals surface area contributed by atoms with Crippen molar-refractivity contribution < 1.29 is 4.42 Å². The highest BCUT2D eigenvalue weighted by atomic mass is 16.3. The first kappa shape index (κ1) is 27.1. The Balaban J connectivity index is 1.26. The molecule has 0 fully saturated rings. The van der Waals surface area contributed by atoms with Gasteiger partial charge in [-0.3, -0.25) is 0 Å². The van der Waals surface area contributed by atoms with Crippen molar-refractivity contribution in [3.05, 3.63) is 157 Å². The Morgan fingerprint density at radius 1 is 0.469 bits per heavy atom. The molecule has 0 atom stereocenters. The minimum atomic E-state index is 0.581. The van der Waals surface area contributed by atoms with Gasteiger partial charge in [0, 0.05) is 43.6 Å². The molecule has 10 rings (SSSR count). The van der Waals surface area contributed by atoms with Crippen LogP contribution in [0.3, 0.4) is 0 Å². The molecule has 3 heterocycles. The lowest BCUT2D eigenvalue weighted by molar-refractivity contribution is 0.671. The average Bonchev–Trinajstić information content (AvgIpc) is 3.82. The summed E-state index contributed by atoms with van der Waals surface area (Å²) >= 11 is 0. The van der Waals surface area contributed by atoms with Crippen LogP contribution in [0.5, 0.6) is 0 Å². The van der Waals surface area contributed by atoms with E-state index in [0.29, 0.717) is 11.1 Å². The molecule has 5 nitrogen and oxygen atoms in total. The molecule has 49 heavy (non-hydrogen) atoms. The smallest absolute Gasteiger partial charge is 0.160 e. The van der Waals surface area contributed by atoms with Crippen molar-refractivity contribution in [2.45, 2.75) is 0 Å². The standard InChI is InChI=1S/C44H24N4O/c45-25-27-14-19-40(48-39-13-7-5-11-32(39)36-23-28(26-46)15-20-41(36)48)35(22-27)29-16-21-42-37(24-29)34-18-17-33-31-10-4-6-12-38(31)47(43(33)44(34)49-42)30-8-2-1-3-9-30/h1-24H. The number of nitriles is 2. The Morgan fingerprint density at radius 2 is 1.12 bits per heavy atom. The highest BCUT2D eigenvalue weighted by Gasteiger charge is 2.21. The Hall–Kier alpha value is -7.08. The zero-order valence-electron chi connectivity index (χ0n) is 26.1. The molecule has 0 radical (unpaired) electrons. The zero-order chi connectivity index (χ0) is 32.6. The van der Waals surface area contributed by atoms with Gasteiger partial charge in [0.2, 0.25) is 0 Å². The predicted octanol–water partition coefficient (Wildman–Crippen LogP) is 11.2. The molecule has 0 unspecified atom stereocenters. The van der Waals surface area contributed by atoms with Gasteiger partial charge in [-0.05, 0) is 84.4 Å². The van der Waals surface area contributed by atoms with Crippen molar-refractivity contribution in [2.75, 3.05) is 0 Å². The molecule has 0 amide bonds. The molecule has 7 aromatic carbocycles. The highest BCUT2D eigenvalue weighted by Crippen LogP contribution is 2.42. The molecule has 5 heteroatoms. The summed E-state index contributed by atoms with van der Waals surface area (Å²) in [4.78, 5) is 0. The maximum Gasteiger partial charge on any atom is 0.160 e. The van der Waals surface area contributed by atoms with Crippen molar-refractivity contribution in [3.8, 4) is 34.6 Å². The number of para-hydroxylation sites is 3. The predicted molar refractivity (Wildman–Crippen MR) is 197 cm³/mol. The molecular formula is C44H24N4O. The Kier molecular flexibility index (Phi) is 5.64. The van der Waals surface area contributed by atoms with E-state index in [2.05, 4.69) is 106 Å². The van der Waals surface area contributed by atoms with Gasteiger partial charge >= 0.3 is 0 Å². The quantitative estimate of drug-likeness (QED) is 0.196. The Morgan fingerprint density at radius 3 is 1.92 bits per heavy atom. The minimum absolute atomic E-state index is 0.581. The lowest BCUT2D eigenvalue weighted by atomic mass is 9.98. The molecule has 0 spiro atoms. The van der Waals surface area contributed by atoms with E-state index in [1.54, 1.807) is 0 Å². The van der Waals surface area contributed by atoms with Crippen LogP contribution in [0.1, 0.15) is 11.1 Å². The van der Waals surface area contributed by atoms with E-state index in [1.165, 1.54) is 5.39 Å². The average molecular weight is 625 g/mol. The molecule has 3 aromatic heterocycles. The molecule has 0 bridgehead atoms. The summed E-state index contributed by atoms with van der Waals surface area (Å²) in [6, 6.07) is 54.2. The zero-order valence-corrected chi connectivity index (χ0v) is 26.1. The highest BCUT2D eigenvalue weighted by molar-refractivity contribution is 6.22. The first-order valence-electron chi connectivity index (χ1n) is 16.1. The summed E-state index contributed by atoms with van der Waals surface area (Å²) in [6.07, 6.45) is 0. The van der Waals surface area contributed by atoms with E-state index < -0.39 is 0 Å². The van der Waals surface area contributed by atoms with Crippen LogP contribution in [0.2, 0.25) is 0 Å². The molecule has 226 valence electrons. The van der Waals surface area contributed by atoms with Gasteiger partial charge in [-0.2, -0.15) is 10.5 Å². The minimum Gasteiger partial charge on any atom is -0.454 e. The number of nitrogens with zero attached hydrogens (tertiary/aromatic N) is 4. The van der Waals surface area contributed by atoms with Gasteiger partial charge in [-0.1, -0.05) is 66.7 Å². The van der Waals surface area contributed by atoms with Crippen molar-refractivity contribution in [1.82, 2.24) is 9.13 Å². The van der Waals surface area contributed by atoms with E-state index in [-0.39, 0.29) is 0 Å². The van der Waals surface area contributed by atoms with Gasteiger partial charge in [0.1, 0.15) is 5.58 Å². The van der Waals surface area contributed by atoms with E-state index in [9.17, 15) is 10.5 Å². The lowest BCUT2D eigenvalue weighted by Gasteiger charge is -2.15. The Bertz CT molecular complexity index is 3070. The summed E-state index contributed by atoms with van der Waals surface area (Å²) in [6.45, 7) is 0. The van der Waals surface area contributed by atoms with Gasteiger partial charge in [-0.15, -0.1) is 0 Å². The number of rotatable bonds is 3.